The molecule has 3 aliphatic carbocycles. The molecule has 1 spiro atoms. The van der Waals surface area contributed by atoms with Gasteiger partial charge in [-0.25, -0.2) is 15.0 Å². The Morgan fingerprint density at radius 1 is 0.741 bits per heavy atom. The fraction of sp³-hybridized carbons (Fsp3) is 0.241. The molecule has 3 aliphatic rings. The van der Waals surface area contributed by atoms with Crippen LogP contribution in [0.25, 0.3) is 28.9 Å². The van der Waals surface area contributed by atoms with Crippen molar-refractivity contribution >= 4 is 6.08 Å². The minimum Gasteiger partial charge on any atom is -0.496 e. The largest absolute Gasteiger partial charge is 0.496 e. The number of ether oxygens (including phenoxy) is 1. The molecular weight excluding hydrogens is 707 g/mol. The first-order valence-corrected chi connectivity index (χ1v) is 21.0. The lowest BCUT2D eigenvalue weighted by atomic mass is 9.57. The second-order valence-corrected chi connectivity index (χ2v) is 14.0. The van der Waals surface area contributed by atoms with Gasteiger partial charge in [-0.15, -0.1) is 0 Å². The molecule has 0 amide bonds. The molecule has 0 saturated carbocycles. The van der Waals surface area contributed by atoms with Gasteiger partial charge >= 0.3 is 0 Å². The molecule has 4 nitrogen and oxygen atoms in total. The molecule has 2 bridgehead atoms. The topological polar surface area (TPSA) is 47.9 Å². The predicted octanol–water partition coefficient (Wildman–Crippen LogP) is 13.9. The molecule has 1 aromatic heterocycles. The van der Waals surface area contributed by atoms with E-state index in [-0.39, 0.29) is 11.3 Å². The van der Waals surface area contributed by atoms with Crippen LogP contribution in [0.2, 0.25) is 0 Å². The van der Waals surface area contributed by atoms with Crippen molar-refractivity contribution in [1.82, 2.24) is 15.0 Å². The van der Waals surface area contributed by atoms with Crippen molar-refractivity contribution in [3.63, 3.8) is 0 Å². The summed E-state index contributed by atoms with van der Waals surface area (Å²) in [6.45, 7) is 12.5. The van der Waals surface area contributed by atoms with E-state index in [1.54, 1.807) is 7.11 Å². The van der Waals surface area contributed by atoms with Gasteiger partial charge in [-0.2, -0.15) is 0 Å². The van der Waals surface area contributed by atoms with Crippen LogP contribution in [0.1, 0.15) is 94.8 Å². The number of aromatic nitrogens is 3. The van der Waals surface area contributed by atoms with Crippen molar-refractivity contribution in [1.29, 1.82) is 0 Å². The van der Waals surface area contributed by atoms with Gasteiger partial charge in [0.15, 0.2) is 11.6 Å². The van der Waals surface area contributed by atoms with Gasteiger partial charge in [0.2, 0.25) is 0 Å². The van der Waals surface area contributed by atoms with Crippen LogP contribution >= 0.6 is 0 Å². The average molecular weight is 764 g/mol. The van der Waals surface area contributed by atoms with Crippen molar-refractivity contribution in [3.05, 3.63) is 214 Å². The fourth-order valence-electron chi connectivity index (χ4n) is 8.60. The van der Waals surface area contributed by atoms with E-state index in [0.29, 0.717) is 23.9 Å². The first kappa shape index (κ1) is 41.5. The average Bonchev–Trinajstić information content (AvgIpc) is 3.45. The summed E-state index contributed by atoms with van der Waals surface area (Å²) in [6, 6.07) is 38.3. The number of rotatable bonds is 8. The lowest BCUT2D eigenvalue weighted by Crippen LogP contribution is -2.37. The first-order chi connectivity index (χ1) is 28.6. The number of benzene rings is 4. The number of nitrogens with zero attached hydrogens (tertiary/aromatic N) is 3. The van der Waals surface area contributed by atoms with Gasteiger partial charge in [0.25, 0.3) is 0 Å². The highest BCUT2D eigenvalue weighted by molar-refractivity contribution is 5.72. The Morgan fingerprint density at radius 2 is 1.36 bits per heavy atom. The molecule has 58 heavy (non-hydrogen) atoms. The second kappa shape index (κ2) is 19.8. The maximum atomic E-state index is 6.22. The molecule has 0 saturated heterocycles. The van der Waals surface area contributed by atoms with Crippen LogP contribution in [-0.4, -0.2) is 22.1 Å². The van der Waals surface area contributed by atoms with E-state index in [2.05, 4.69) is 117 Å². The zero-order valence-corrected chi connectivity index (χ0v) is 35.2. The SMILES string of the molecule is CC.CC.CC/C(C1=CCCC2=CC1c1ccccc1C21/C(C)=C/C=C\C=C\c2ccccc21)=C(\C=C/Cc1nc(-c2ccccc2)nc(-c2ccccc2)n1)OC. The van der Waals surface area contributed by atoms with Crippen LogP contribution in [0, 0.1) is 0 Å². The normalized spacial score (nSPS) is 20.2. The standard InChI is InChI=1S/C50H45N3O.2C2H6/c1-4-40(46(54-3)32-19-33-47-51-48(37-23-10-6-11-24-37)53-49(52-47)38-25-12-7-13-26-38)41-29-18-27-39-34-43(41)42-28-15-17-31-45(42)50(39)35(2)20-8-5-9-21-36-22-14-16-30-44(36)50;2*1-2/h5-17,19-26,28-32,34,43H,4,18,27,33H2,1-3H3;2*1-2H3/b8-5-,21-9+,32-19-,35-20+,46-40-;;. The Hall–Kier alpha value is -6.13. The maximum absolute atomic E-state index is 6.22. The molecule has 0 fully saturated rings. The summed E-state index contributed by atoms with van der Waals surface area (Å²) in [7, 11) is 1.78. The third kappa shape index (κ3) is 8.29. The molecule has 4 aromatic carbocycles. The van der Waals surface area contributed by atoms with E-state index in [1.807, 2.05) is 88.4 Å². The summed E-state index contributed by atoms with van der Waals surface area (Å²) in [6.07, 6.45) is 23.6. The lowest BCUT2D eigenvalue weighted by Gasteiger charge is -2.45. The molecule has 4 heteroatoms. The van der Waals surface area contributed by atoms with E-state index in [1.165, 1.54) is 44.5 Å². The molecule has 1 heterocycles. The third-order valence-electron chi connectivity index (χ3n) is 11.0. The van der Waals surface area contributed by atoms with Crippen molar-refractivity contribution in [2.75, 3.05) is 7.11 Å². The van der Waals surface area contributed by atoms with Crippen molar-refractivity contribution in [2.45, 2.75) is 78.6 Å². The maximum Gasteiger partial charge on any atom is 0.163 e. The fourth-order valence-corrected chi connectivity index (χ4v) is 8.60. The molecular formula is C54H57N3O. The summed E-state index contributed by atoms with van der Waals surface area (Å²) in [5, 5.41) is 0. The molecule has 2 atom stereocenters. The first-order valence-electron chi connectivity index (χ1n) is 21.0. The van der Waals surface area contributed by atoms with Gasteiger partial charge in [0, 0.05) is 23.5 Å². The van der Waals surface area contributed by atoms with Gasteiger partial charge in [0.1, 0.15) is 11.6 Å². The van der Waals surface area contributed by atoms with Crippen molar-refractivity contribution < 1.29 is 4.74 Å². The molecule has 0 aliphatic heterocycles. The Balaban J connectivity index is 0.00000138. The second-order valence-electron chi connectivity index (χ2n) is 14.0. The van der Waals surface area contributed by atoms with Gasteiger partial charge in [-0.05, 0) is 65.7 Å². The number of fused-ring (bicyclic) bond motifs is 7. The smallest absolute Gasteiger partial charge is 0.163 e. The minimum absolute atomic E-state index is 0.113. The molecule has 2 unspecified atom stereocenters. The van der Waals surface area contributed by atoms with E-state index in [4.69, 9.17) is 19.7 Å². The Labute approximate surface area is 346 Å². The zero-order valence-electron chi connectivity index (χ0n) is 35.2. The van der Waals surface area contributed by atoms with Crippen LogP contribution in [0.3, 0.4) is 0 Å². The Morgan fingerprint density at radius 3 is 2.02 bits per heavy atom. The van der Waals surface area contributed by atoms with Gasteiger partial charge in [0.05, 0.1) is 12.5 Å². The van der Waals surface area contributed by atoms with Crippen LogP contribution < -0.4 is 0 Å². The van der Waals surface area contributed by atoms with Crippen LogP contribution in [0.5, 0.6) is 0 Å². The monoisotopic (exact) mass is 763 g/mol. The summed E-state index contributed by atoms with van der Waals surface area (Å²) in [5.74, 6) is 3.04. The number of allylic oxidation sites excluding steroid dienone is 12. The van der Waals surface area contributed by atoms with Crippen molar-refractivity contribution in [3.8, 4) is 22.8 Å². The van der Waals surface area contributed by atoms with E-state index < -0.39 is 0 Å². The van der Waals surface area contributed by atoms with Crippen molar-refractivity contribution in [2.24, 2.45) is 0 Å². The highest BCUT2D eigenvalue weighted by Gasteiger charge is 2.46. The number of hydrogen-bond donors (Lipinski definition) is 0. The van der Waals surface area contributed by atoms with Gasteiger partial charge in [-0.1, -0.05) is 204 Å². The van der Waals surface area contributed by atoms with Crippen LogP contribution in [0.4, 0.5) is 0 Å². The highest BCUT2D eigenvalue weighted by Crippen LogP contribution is 2.57. The van der Waals surface area contributed by atoms with Crippen LogP contribution in [0.15, 0.2) is 186 Å². The minimum atomic E-state index is -0.353. The van der Waals surface area contributed by atoms with Gasteiger partial charge in [-0.3, -0.25) is 0 Å². The van der Waals surface area contributed by atoms with E-state index in [9.17, 15) is 0 Å². The van der Waals surface area contributed by atoms with Gasteiger partial charge < -0.3 is 4.74 Å². The van der Waals surface area contributed by atoms with Crippen LogP contribution in [-0.2, 0) is 16.6 Å². The zero-order chi connectivity index (χ0) is 40.9. The van der Waals surface area contributed by atoms with E-state index in [0.717, 1.165) is 36.1 Å². The lowest BCUT2D eigenvalue weighted by molar-refractivity contribution is 0.301. The summed E-state index contributed by atoms with van der Waals surface area (Å²) >= 11 is 0. The Bertz CT molecular complexity index is 2340. The Kier molecular flexibility index (Phi) is 14.2. The summed E-state index contributed by atoms with van der Waals surface area (Å²) in [4.78, 5) is 14.7. The third-order valence-corrected chi connectivity index (χ3v) is 11.0. The quantitative estimate of drug-likeness (QED) is 0.0897. The number of hydrogen-bond acceptors (Lipinski definition) is 4. The molecule has 0 N–H and O–H groups in total. The molecule has 0 radical (unpaired) electrons. The van der Waals surface area contributed by atoms with E-state index >= 15 is 0 Å². The molecule has 294 valence electrons. The number of methoxy groups -OCH3 is 1. The summed E-state index contributed by atoms with van der Waals surface area (Å²) < 4.78 is 6.22. The molecule has 5 aromatic rings. The predicted molar refractivity (Wildman–Crippen MR) is 244 cm³/mol. The molecule has 8 rings (SSSR count). The summed E-state index contributed by atoms with van der Waals surface area (Å²) in [5.41, 5.74) is 12.2. The highest BCUT2D eigenvalue weighted by atomic mass is 16.5.